The van der Waals surface area contributed by atoms with E-state index < -0.39 is 24.6 Å². The number of aliphatic carboxylic acids is 1. The van der Waals surface area contributed by atoms with Gasteiger partial charge in [-0.25, -0.2) is 9.59 Å². The average Bonchev–Trinajstić information content (AvgIpc) is 2.73. The molecule has 0 saturated carbocycles. The normalized spacial score (nSPS) is 21.8. The van der Waals surface area contributed by atoms with Crippen LogP contribution >= 0.6 is 0 Å². The van der Waals surface area contributed by atoms with Crippen LogP contribution in [0.5, 0.6) is 0 Å². The van der Waals surface area contributed by atoms with E-state index in [1.165, 1.54) is 0 Å². The van der Waals surface area contributed by atoms with Gasteiger partial charge in [-0.1, -0.05) is 20.8 Å². The Morgan fingerprint density at radius 3 is 2.44 bits per heavy atom. The lowest BCUT2D eigenvalue weighted by atomic mass is 9.80. The zero-order valence-corrected chi connectivity index (χ0v) is 11.1. The van der Waals surface area contributed by atoms with E-state index in [0.29, 0.717) is 19.0 Å². The fourth-order valence-electron chi connectivity index (χ4n) is 2.08. The first-order valence-electron chi connectivity index (χ1n) is 6.14. The lowest BCUT2D eigenvalue weighted by Crippen LogP contribution is -2.49. The molecular formula is C12H22N2O4. The third-order valence-corrected chi connectivity index (χ3v) is 3.48. The lowest BCUT2D eigenvalue weighted by Gasteiger charge is -2.27. The van der Waals surface area contributed by atoms with E-state index in [-0.39, 0.29) is 5.41 Å². The maximum absolute atomic E-state index is 11.8. The number of hydrogen-bond acceptors (Lipinski definition) is 3. The van der Waals surface area contributed by atoms with Gasteiger partial charge in [0.25, 0.3) is 0 Å². The van der Waals surface area contributed by atoms with Gasteiger partial charge in [0.1, 0.15) is 0 Å². The number of carbonyl (C=O) groups is 2. The van der Waals surface area contributed by atoms with Crippen molar-refractivity contribution in [3.63, 3.8) is 0 Å². The Bertz CT molecular complexity index is 325. The van der Waals surface area contributed by atoms with Gasteiger partial charge in [0, 0.05) is 13.1 Å². The van der Waals surface area contributed by atoms with Crippen LogP contribution in [0.1, 0.15) is 27.2 Å². The summed E-state index contributed by atoms with van der Waals surface area (Å²) in [5.41, 5.74) is 0.137. The second-order valence-electron chi connectivity index (χ2n) is 5.82. The molecule has 6 heteroatoms. The van der Waals surface area contributed by atoms with Crippen LogP contribution < -0.4 is 5.32 Å². The third-order valence-electron chi connectivity index (χ3n) is 3.48. The van der Waals surface area contributed by atoms with Gasteiger partial charge in [-0.2, -0.15) is 0 Å². The molecule has 1 rings (SSSR count). The number of aliphatic hydroxyl groups excluding tert-OH is 1. The molecule has 1 unspecified atom stereocenters. The van der Waals surface area contributed by atoms with Crippen molar-refractivity contribution in [2.75, 3.05) is 19.7 Å². The minimum Gasteiger partial charge on any atom is -0.480 e. The summed E-state index contributed by atoms with van der Waals surface area (Å²) in [5.74, 6) is -0.807. The van der Waals surface area contributed by atoms with Crippen LogP contribution in [-0.2, 0) is 4.79 Å². The Kier molecular flexibility index (Phi) is 4.56. The van der Waals surface area contributed by atoms with E-state index >= 15 is 0 Å². The average molecular weight is 258 g/mol. The van der Waals surface area contributed by atoms with Crippen molar-refractivity contribution >= 4 is 12.0 Å². The summed E-state index contributed by atoms with van der Waals surface area (Å²) < 4.78 is 0. The number of urea groups is 1. The molecule has 104 valence electrons. The molecule has 1 saturated heterocycles. The van der Waals surface area contributed by atoms with E-state index in [0.717, 1.165) is 6.42 Å². The molecule has 6 nitrogen and oxygen atoms in total. The van der Waals surface area contributed by atoms with Gasteiger partial charge in [-0.3, -0.25) is 0 Å². The van der Waals surface area contributed by atoms with E-state index in [4.69, 9.17) is 10.2 Å². The minimum absolute atomic E-state index is 0.137. The second-order valence-corrected chi connectivity index (χ2v) is 5.82. The maximum atomic E-state index is 11.8. The van der Waals surface area contributed by atoms with Gasteiger partial charge >= 0.3 is 12.0 Å². The minimum atomic E-state index is -1.23. The molecule has 2 amide bonds. The summed E-state index contributed by atoms with van der Waals surface area (Å²) in [7, 11) is 0. The van der Waals surface area contributed by atoms with E-state index in [1.54, 1.807) is 4.90 Å². The summed E-state index contributed by atoms with van der Waals surface area (Å²) >= 11 is 0. The molecule has 0 aromatic heterocycles. The number of carboxylic acid groups (broad SMARTS) is 1. The topological polar surface area (TPSA) is 89.9 Å². The highest BCUT2D eigenvalue weighted by atomic mass is 16.4. The summed E-state index contributed by atoms with van der Waals surface area (Å²) in [6.45, 7) is 7.06. The second kappa shape index (κ2) is 5.56. The van der Waals surface area contributed by atoms with Gasteiger partial charge in [0.05, 0.1) is 6.61 Å². The predicted molar refractivity (Wildman–Crippen MR) is 66.2 cm³/mol. The highest BCUT2D eigenvalue weighted by molar-refractivity contribution is 5.82. The van der Waals surface area contributed by atoms with Crippen LogP contribution in [0, 0.1) is 11.3 Å². The number of carboxylic acids is 1. The van der Waals surface area contributed by atoms with Crippen molar-refractivity contribution in [3.05, 3.63) is 0 Å². The number of rotatable bonds is 3. The van der Waals surface area contributed by atoms with Crippen molar-refractivity contribution < 1.29 is 19.8 Å². The van der Waals surface area contributed by atoms with Gasteiger partial charge in [0.15, 0.2) is 6.04 Å². The number of hydrogen-bond donors (Lipinski definition) is 3. The van der Waals surface area contributed by atoms with Gasteiger partial charge in [-0.05, 0) is 17.8 Å². The highest BCUT2D eigenvalue weighted by Crippen LogP contribution is 2.33. The van der Waals surface area contributed by atoms with Crippen LogP contribution in [0.25, 0.3) is 0 Å². The fourth-order valence-corrected chi connectivity index (χ4v) is 2.08. The molecule has 18 heavy (non-hydrogen) atoms. The molecule has 0 spiro atoms. The van der Waals surface area contributed by atoms with Crippen molar-refractivity contribution in [3.8, 4) is 0 Å². The van der Waals surface area contributed by atoms with E-state index in [9.17, 15) is 9.59 Å². The van der Waals surface area contributed by atoms with Crippen molar-refractivity contribution in [2.45, 2.75) is 33.2 Å². The van der Waals surface area contributed by atoms with Crippen LogP contribution in [0.4, 0.5) is 4.79 Å². The SMILES string of the molecule is CC(C)(C)C1CCN(C(=O)N[C@@H](CO)C(=O)O)C1. The molecule has 1 heterocycles. The zero-order chi connectivity index (χ0) is 13.9. The summed E-state index contributed by atoms with van der Waals surface area (Å²) in [4.78, 5) is 24.2. The van der Waals surface area contributed by atoms with Crippen LogP contribution in [-0.4, -0.2) is 52.9 Å². The zero-order valence-electron chi connectivity index (χ0n) is 11.1. The number of likely N-dealkylation sites (tertiary alicyclic amines) is 1. The Morgan fingerprint density at radius 2 is 2.06 bits per heavy atom. The molecule has 1 fully saturated rings. The molecule has 2 atom stereocenters. The Morgan fingerprint density at radius 1 is 1.44 bits per heavy atom. The quantitative estimate of drug-likeness (QED) is 0.688. The van der Waals surface area contributed by atoms with E-state index in [1.807, 2.05) is 0 Å². The van der Waals surface area contributed by atoms with Gasteiger partial charge < -0.3 is 20.4 Å². The number of amides is 2. The molecule has 0 radical (unpaired) electrons. The summed E-state index contributed by atoms with van der Waals surface area (Å²) in [6, 6.07) is -1.64. The first-order valence-corrected chi connectivity index (χ1v) is 6.14. The van der Waals surface area contributed by atoms with Crippen molar-refractivity contribution in [1.29, 1.82) is 0 Å². The van der Waals surface area contributed by atoms with Gasteiger partial charge in [0.2, 0.25) is 0 Å². The predicted octanol–water partition coefficient (Wildman–Crippen LogP) is 0.509. The smallest absolute Gasteiger partial charge is 0.328 e. The van der Waals surface area contributed by atoms with Crippen LogP contribution in [0.3, 0.4) is 0 Å². The van der Waals surface area contributed by atoms with Crippen molar-refractivity contribution in [1.82, 2.24) is 10.2 Å². The monoisotopic (exact) mass is 258 g/mol. The highest BCUT2D eigenvalue weighted by Gasteiger charge is 2.34. The molecule has 1 aliphatic rings. The Labute approximate surface area is 107 Å². The van der Waals surface area contributed by atoms with Crippen LogP contribution in [0.15, 0.2) is 0 Å². The molecule has 0 aromatic rings. The molecular weight excluding hydrogens is 236 g/mol. The van der Waals surface area contributed by atoms with Gasteiger partial charge in [-0.15, -0.1) is 0 Å². The first kappa shape index (κ1) is 14.8. The first-order chi connectivity index (χ1) is 8.25. The number of carbonyl (C=O) groups excluding carboxylic acids is 1. The molecule has 0 bridgehead atoms. The standard InChI is InChI=1S/C12H22N2O4/c1-12(2,3)8-4-5-14(6-8)11(18)13-9(7-15)10(16)17/h8-9,15H,4-7H2,1-3H3,(H,13,18)(H,16,17)/t8?,9-/m0/s1. The number of nitrogens with one attached hydrogen (secondary N) is 1. The Balaban J connectivity index is 2.52. The largest absolute Gasteiger partial charge is 0.480 e. The maximum Gasteiger partial charge on any atom is 0.328 e. The summed E-state index contributed by atoms with van der Waals surface area (Å²) in [5, 5.41) is 19.9. The van der Waals surface area contributed by atoms with Crippen molar-refractivity contribution in [2.24, 2.45) is 11.3 Å². The number of nitrogens with zero attached hydrogens (tertiary/aromatic N) is 1. The molecule has 0 aliphatic carbocycles. The fraction of sp³-hybridized carbons (Fsp3) is 0.833. The van der Waals surface area contributed by atoms with E-state index in [2.05, 4.69) is 26.1 Å². The lowest BCUT2D eigenvalue weighted by molar-refractivity contribution is -0.140. The molecule has 0 aromatic carbocycles. The third kappa shape index (κ3) is 3.60. The number of aliphatic hydroxyl groups is 1. The molecule has 3 N–H and O–H groups in total. The summed E-state index contributed by atoms with van der Waals surface area (Å²) in [6.07, 6.45) is 0.924. The Hall–Kier alpha value is -1.30. The van der Waals surface area contributed by atoms with Crippen LogP contribution in [0.2, 0.25) is 0 Å². The molecule has 1 aliphatic heterocycles.